The first-order valence-corrected chi connectivity index (χ1v) is 19.8. The van der Waals surface area contributed by atoms with Crippen molar-refractivity contribution in [2.75, 3.05) is 11.5 Å². The molecule has 5 nitrogen and oxygen atoms in total. The van der Waals surface area contributed by atoms with E-state index in [4.69, 9.17) is 0 Å². The molecule has 1 N–H and O–H groups in total. The summed E-state index contributed by atoms with van der Waals surface area (Å²) in [4.78, 5) is 39.9. The Labute approximate surface area is 272 Å². The Kier molecular flexibility index (Phi) is 13.2. The van der Waals surface area contributed by atoms with Gasteiger partial charge in [0, 0.05) is 25.4 Å². The fourth-order valence-electron chi connectivity index (χ4n) is 9.12. The summed E-state index contributed by atoms with van der Waals surface area (Å²) >= 11 is 0. The van der Waals surface area contributed by atoms with E-state index in [0.29, 0.717) is 23.2 Å². The molecule has 1 aliphatic heterocycles. The number of rotatable bonds is 12. The van der Waals surface area contributed by atoms with E-state index in [1.165, 1.54) is 114 Å². The highest BCUT2D eigenvalue weighted by molar-refractivity contribution is 7.77. The second-order valence-corrected chi connectivity index (χ2v) is 18.6. The lowest BCUT2D eigenvalue weighted by Crippen LogP contribution is -3.00. The van der Waals surface area contributed by atoms with Gasteiger partial charge in [-0.25, -0.2) is 0 Å². The van der Waals surface area contributed by atoms with Crippen molar-refractivity contribution in [3.63, 3.8) is 0 Å². The fourth-order valence-corrected chi connectivity index (χ4v) is 16.8. The van der Waals surface area contributed by atoms with E-state index in [-0.39, 0.29) is 40.7 Å². The van der Waals surface area contributed by atoms with E-state index in [0.717, 1.165) is 36.2 Å². The second kappa shape index (κ2) is 16.3. The zero-order valence-corrected chi connectivity index (χ0v) is 29.4. The number of halogens is 1. The van der Waals surface area contributed by atoms with Crippen LogP contribution < -0.4 is 22.3 Å². The largest absolute Gasteiger partial charge is 1.00 e. The molecule has 1 heterocycles. The Morgan fingerprint density at radius 1 is 0.791 bits per heavy atom. The number of amides is 3. The predicted molar refractivity (Wildman–Crippen MR) is 176 cm³/mol. The predicted octanol–water partition coefficient (Wildman–Crippen LogP) is 6.60. The summed E-state index contributed by atoms with van der Waals surface area (Å²) in [7, 11) is -1.04. The van der Waals surface area contributed by atoms with Crippen molar-refractivity contribution in [2.24, 2.45) is 0 Å². The third-order valence-electron chi connectivity index (χ3n) is 11.4. The van der Waals surface area contributed by atoms with Gasteiger partial charge in [0.1, 0.15) is 0 Å². The topological polar surface area (TPSA) is 66.5 Å². The number of imide groups is 1. The standard InChI is InChI=1S/C36H55N2O3P.BrH/c1-3-27(2)38-35(40)32-24-23-28(26-33(32)36(38)41)37-34(39)22-14-7-15-25-42(29-16-8-4-9-17-29,30-18-10-5-11-19-30)31-20-12-6-13-21-31;/h23-24,26-27,29-31H,3-22,25H2,1-2H3;1H. The Hall–Kier alpha value is -1.26. The first kappa shape index (κ1) is 34.6. The summed E-state index contributed by atoms with van der Waals surface area (Å²) in [6.07, 6.45) is 28.3. The summed E-state index contributed by atoms with van der Waals surface area (Å²) < 4.78 is 0. The summed E-state index contributed by atoms with van der Waals surface area (Å²) in [5.74, 6) is -0.463. The first-order valence-electron chi connectivity index (χ1n) is 17.6. The van der Waals surface area contributed by atoms with Crippen LogP contribution in [-0.2, 0) is 4.79 Å². The van der Waals surface area contributed by atoms with Crippen molar-refractivity contribution >= 4 is 30.7 Å². The molecule has 3 saturated carbocycles. The average Bonchev–Trinajstić information content (AvgIpc) is 3.28. The Morgan fingerprint density at radius 3 is 1.81 bits per heavy atom. The van der Waals surface area contributed by atoms with Crippen LogP contribution in [0.25, 0.3) is 0 Å². The number of carbonyl (C=O) groups is 3. The maximum atomic E-state index is 12.9. The molecule has 1 aromatic carbocycles. The molecule has 3 aliphatic carbocycles. The number of carbonyl (C=O) groups excluding carboxylic acids is 3. The van der Waals surface area contributed by atoms with Gasteiger partial charge in [0.25, 0.3) is 11.8 Å². The van der Waals surface area contributed by atoms with Crippen LogP contribution in [0, 0.1) is 0 Å². The zero-order chi connectivity index (χ0) is 29.5. The van der Waals surface area contributed by atoms with E-state index >= 15 is 0 Å². The molecule has 0 radical (unpaired) electrons. The van der Waals surface area contributed by atoms with Gasteiger partial charge in [-0.3, -0.25) is 19.3 Å². The number of nitrogens with zero attached hydrogens (tertiary/aromatic N) is 1. The van der Waals surface area contributed by atoms with Crippen LogP contribution in [0.3, 0.4) is 0 Å². The van der Waals surface area contributed by atoms with Gasteiger partial charge < -0.3 is 22.3 Å². The summed E-state index contributed by atoms with van der Waals surface area (Å²) in [6, 6.07) is 5.01. The van der Waals surface area contributed by atoms with Crippen LogP contribution in [0.5, 0.6) is 0 Å². The molecule has 240 valence electrons. The van der Waals surface area contributed by atoms with Gasteiger partial charge in [-0.2, -0.15) is 0 Å². The molecule has 1 unspecified atom stereocenters. The van der Waals surface area contributed by atoms with Gasteiger partial charge in [-0.15, -0.1) is 0 Å². The van der Waals surface area contributed by atoms with E-state index in [1.807, 2.05) is 13.8 Å². The van der Waals surface area contributed by atoms with E-state index < -0.39 is 7.26 Å². The van der Waals surface area contributed by atoms with Gasteiger partial charge >= 0.3 is 0 Å². The number of hydrogen-bond donors (Lipinski definition) is 1. The molecule has 0 aromatic heterocycles. The van der Waals surface area contributed by atoms with Gasteiger partial charge in [-0.05, 0) is 128 Å². The quantitative estimate of drug-likeness (QED) is 0.154. The molecule has 43 heavy (non-hydrogen) atoms. The number of fused-ring (bicyclic) bond motifs is 1. The molecule has 1 atom stereocenters. The lowest BCUT2D eigenvalue weighted by atomic mass is 9.99. The lowest BCUT2D eigenvalue weighted by Gasteiger charge is -2.49. The van der Waals surface area contributed by atoms with E-state index in [1.54, 1.807) is 18.2 Å². The molecule has 0 spiro atoms. The Bertz CT molecular complexity index is 1050. The summed E-state index contributed by atoms with van der Waals surface area (Å²) in [6.45, 7) is 3.87. The smallest absolute Gasteiger partial charge is 0.261 e. The minimum Gasteiger partial charge on any atom is -1.00 e. The molecule has 5 rings (SSSR count). The van der Waals surface area contributed by atoms with E-state index in [9.17, 15) is 14.4 Å². The second-order valence-electron chi connectivity index (χ2n) is 14.0. The molecule has 7 heteroatoms. The van der Waals surface area contributed by atoms with Crippen molar-refractivity contribution in [2.45, 2.75) is 165 Å². The number of anilines is 1. The third kappa shape index (κ3) is 7.76. The molecular weight excluding hydrogens is 619 g/mol. The van der Waals surface area contributed by atoms with Crippen molar-refractivity contribution < 1.29 is 31.4 Å². The van der Waals surface area contributed by atoms with Crippen LogP contribution in [-0.4, -0.2) is 51.8 Å². The SMILES string of the molecule is CCC(C)N1C(=O)c2ccc(NC(=O)CCCCC[P+](C3CCCCC3)(C3CCCCC3)C3CCCCC3)cc2C1=O.[Br-]. The first-order chi connectivity index (χ1) is 20.5. The molecule has 4 aliphatic rings. The van der Waals surface area contributed by atoms with Gasteiger partial charge in [0.05, 0.1) is 34.3 Å². The van der Waals surface area contributed by atoms with Crippen molar-refractivity contribution in [3.8, 4) is 0 Å². The number of nitrogens with one attached hydrogen (secondary N) is 1. The van der Waals surface area contributed by atoms with Crippen LogP contribution >= 0.6 is 7.26 Å². The molecule has 0 saturated heterocycles. The zero-order valence-electron chi connectivity index (χ0n) is 26.9. The minimum absolute atomic E-state index is 0. The normalized spacial score (nSPS) is 21.4. The van der Waals surface area contributed by atoms with E-state index in [2.05, 4.69) is 5.32 Å². The van der Waals surface area contributed by atoms with Crippen LogP contribution in [0.15, 0.2) is 18.2 Å². The van der Waals surface area contributed by atoms with Crippen molar-refractivity contribution in [3.05, 3.63) is 29.3 Å². The lowest BCUT2D eigenvalue weighted by molar-refractivity contribution is -0.116. The maximum absolute atomic E-state index is 12.9. The highest BCUT2D eigenvalue weighted by Crippen LogP contribution is 2.77. The molecule has 3 fully saturated rings. The van der Waals surface area contributed by atoms with Crippen molar-refractivity contribution in [1.82, 2.24) is 4.90 Å². The molecule has 0 bridgehead atoms. The number of unbranched alkanes of at least 4 members (excludes halogenated alkanes) is 2. The van der Waals surface area contributed by atoms with Crippen molar-refractivity contribution in [1.29, 1.82) is 0 Å². The van der Waals surface area contributed by atoms with Crippen LogP contribution in [0.4, 0.5) is 5.69 Å². The highest BCUT2D eigenvalue weighted by atomic mass is 79.9. The molecular formula is C36H56BrN2O3P. The Balaban J connectivity index is 0.00000423. The summed E-state index contributed by atoms with van der Waals surface area (Å²) in [5, 5.41) is 3.01. The summed E-state index contributed by atoms with van der Waals surface area (Å²) in [5.41, 5.74) is 4.57. The van der Waals surface area contributed by atoms with Gasteiger partial charge in [0.15, 0.2) is 0 Å². The average molecular weight is 676 g/mol. The number of benzene rings is 1. The molecule has 3 amide bonds. The van der Waals surface area contributed by atoms with Gasteiger partial charge in [-0.1, -0.05) is 26.2 Å². The number of hydrogen-bond acceptors (Lipinski definition) is 3. The van der Waals surface area contributed by atoms with Crippen LogP contribution in [0.1, 0.15) is 163 Å². The monoisotopic (exact) mass is 674 g/mol. The van der Waals surface area contributed by atoms with Gasteiger partial charge in [0.2, 0.25) is 5.91 Å². The van der Waals surface area contributed by atoms with Crippen LogP contribution in [0.2, 0.25) is 0 Å². The third-order valence-corrected chi connectivity index (χ3v) is 18.2. The Morgan fingerprint density at radius 2 is 1.30 bits per heavy atom. The fraction of sp³-hybridized carbons (Fsp3) is 0.750. The maximum Gasteiger partial charge on any atom is 0.261 e. The molecule has 1 aromatic rings. The highest BCUT2D eigenvalue weighted by Gasteiger charge is 2.56. The minimum atomic E-state index is -1.04.